The molecular formula is C17H14ClNO3S. The number of benzene rings is 2. The Hall–Kier alpha value is -2.24. The minimum absolute atomic E-state index is 0.158. The maximum absolute atomic E-state index is 12.3. The molecule has 0 fully saturated rings. The summed E-state index contributed by atoms with van der Waals surface area (Å²) in [6.45, 7) is 0.410. The van der Waals surface area contributed by atoms with Gasteiger partial charge in [-0.15, -0.1) is 11.3 Å². The number of fused-ring (bicyclic) bond motifs is 1. The highest BCUT2D eigenvalue weighted by Gasteiger charge is 2.16. The van der Waals surface area contributed by atoms with Crippen LogP contribution in [0, 0.1) is 0 Å². The molecule has 2 aromatic carbocycles. The third-order valence-electron chi connectivity index (χ3n) is 3.48. The number of halogens is 1. The van der Waals surface area contributed by atoms with Crippen LogP contribution in [0.4, 0.5) is 0 Å². The lowest BCUT2D eigenvalue weighted by molar-refractivity contribution is 0.0958. The predicted molar refractivity (Wildman–Crippen MR) is 92.6 cm³/mol. The average Bonchev–Trinajstić information content (AvgIpc) is 2.88. The summed E-state index contributed by atoms with van der Waals surface area (Å²) in [6, 6.07) is 12.2. The molecule has 0 spiro atoms. The Bertz CT molecular complexity index is 875. The smallest absolute Gasteiger partial charge is 0.262 e. The first-order valence-corrected chi connectivity index (χ1v) is 8.22. The van der Waals surface area contributed by atoms with Gasteiger partial charge in [0, 0.05) is 16.6 Å². The van der Waals surface area contributed by atoms with Crippen molar-refractivity contribution in [2.45, 2.75) is 6.42 Å². The zero-order chi connectivity index (χ0) is 16.4. The molecule has 0 saturated carbocycles. The van der Waals surface area contributed by atoms with Crippen molar-refractivity contribution in [1.82, 2.24) is 5.32 Å². The van der Waals surface area contributed by atoms with E-state index in [1.807, 2.05) is 24.3 Å². The van der Waals surface area contributed by atoms with Crippen LogP contribution in [0.5, 0.6) is 11.5 Å². The summed E-state index contributed by atoms with van der Waals surface area (Å²) in [5, 5.41) is 22.9. The fraction of sp³-hybridized carbons (Fsp3) is 0.118. The number of hydrogen-bond acceptors (Lipinski definition) is 4. The molecular weight excluding hydrogens is 334 g/mol. The molecule has 6 heteroatoms. The first kappa shape index (κ1) is 15.6. The second-order valence-corrected chi connectivity index (χ2v) is 6.50. The number of amides is 1. The molecule has 0 aliphatic rings. The van der Waals surface area contributed by atoms with E-state index < -0.39 is 0 Å². The third-order valence-corrected chi connectivity index (χ3v) is 5.15. The molecule has 1 amide bonds. The lowest BCUT2D eigenvalue weighted by Gasteiger charge is -2.05. The number of hydrogen-bond donors (Lipinski definition) is 3. The fourth-order valence-corrected chi connectivity index (χ4v) is 3.72. The van der Waals surface area contributed by atoms with Crippen LogP contribution < -0.4 is 5.32 Å². The van der Waals surface area contributed by atoms with Gasteiger partial charge < -0.3 is 15.5 Å². The van der Waals surface area contributed by atoms with Crippen LogP contribution in [0.1, 0.15) is 15.2 Å². The Morgan fingerprint density at radius 3 is 2.65 bits per heavy atom. The van der Waals surface area contributed by atoms with Gasteiger partial charge in [0.1, 0.15) is 4.88 Å². The molecule has 3 aromatic rings. The van der Waals surface area contributed by atoms with Crippen LogP contribution in [0.15, 0.2) is 42.5 Å². The van der Waals surface area contributed by atoms with Crippen molar-refractivity contribution >= 4 is 38.9 Å². The maximum atomic E-state index is 12.3. The van der Waals surface area contributed by atoms with Crippen LogP contribution in [0.3, 0.4) is 0 Å². The molecule has 1 aromatic heterocycles. The number of nitrogens with one attached hydrogen (secondary N) is 1. The van der Waals surface area contributed by atoms with E-state index in [2.05, 4.69) is 5.32 Å². The number of thiophene rings is 1. The highest BCUT2D eigenvalue weighted by Crippen LogP contribution is 2.35. The van der Waals surface area contributed by atoms with Crippen molar-refractivity contribution in [2.24, 2.45) is 0 Å². The molecule has 0 aliphatic heterocycles. The maximum Gasteiger partial charge on any atom is 0.262 e. The van der Waals surface area contributed by atoms with Crippen molar-refractivity contribution in [3.05, 3.63) is 57.9 Å². The number of carbonyl (C=O) groups is 1. The zero-order valence-corrected chi connectivity index (χ0v) is 13.6. The zero-order valence-electron chi connectivity index (χ0n) is 12.0. The van der Waals surface area contributed by atoms with Gasteiger partial charge in [-0.1, -0.05) is 35.9 Å². The number of phenolic OH excluding ortho intramolecular Hbond substituents is 2. The van der Waals surface area contributed by atoms with E-state index in [0.29, 0.717) is 22.9 Å². The molecule has 0 radical (unpaired) electrons. The largest absolute Gasteiger partial charge is 0.504 e. The van der Waals surface area contributed by atoms with Crippen molar-refractivity contribution in [3.63, 3.8) is 0 Å². The molecule has 0 atom stereocenters. The van der Waals surface area contributed by atoms with Gasteiger partial charge in [0.05, 0.1) is 5.02 Å². The van der Waals surface area contributed by atoms with E-state index in [9.17, 15) is 15.0 Å². The second-order valence-electron chi connectivity index (χ2n) is 5.07. The summed E-state index contributed by atoms with van der Waals surface area (Å²) < 4.78 is 0.978. The lowest BCUT2D eigenvalue weighted by Crippen LogP contribution is -2.25. The average molecular weight is 348 g/mol. The van der Waals surface area contributed by atoms with Gasteiger partial charge in [-0.25, -0.2) is 0 Å². The fourth-order valence-electron chi connectivity index (χ4n) is 2.29. The van der Waals surface area contributed by atoms with E-state index in [-0.39, 0.29) is 17.4 Å². The second kappa shape index (κ2) is 6.48. The highest BCUT2D eigenvalue weighted by atomic mass is 35.5. The number of phenols is 2. The molecule has 0 aliphatic carbocycles. The van der Waals surface area contributed by atoms with Crippen molar-refractivity contribution in [3.8, 4) is 11.5 Å². The summed E-state index contributed by atoms with van der Waals surface area (Å²) in [4.78, 5) is 12.8. The van der Waals surface area contributed by atoms with Crippen molar-refractivity contribution in [2.75, 3.05) is 6.54 Å². The SMILES string of the molecule is O=C(NCCc1ccc(O)c(O)c1)c1sc2ccccc2c1Cl. The van der Waals surface area contributed by atoms with E-state index in [1.165, 1.54) is 23.5 Å². The lowest BCUT2D eigenvalue weighted by atomic mass is 10.1. The number of aromatic hydroxyl groups is 2. The molecule has 0 bridgehead atoms. The van der Waals surface area contributed by atoms with Crippen LogP contribution in [0.2, 0.25) is 5.02 Å². The van der Waals surface area contributed by atoms with Gasteiger partial charge in [0.15, 0.2) is 11.5 Å². The summed E-state index contributed by atoms with van der Waals surface area (Å²) in [5.41, 5.74) is 0.822. The van der Waals surface area contributed by atoms with Crippen LogP contribution in [-0.2, 0) is 6.42 Å². The quantitative estimate of drug-likeness (QED) is 0.626. The van der Waals surface area contributed by atoms with Gasteiger partial charge >= 0.3 is 0 Å². The molecule has 23 heavy (non-hydrogen) atoms. The topological polar surface area (TPSA) is 69.6 Å². The van der Waals surface area contributed by atoms with Gasteiger partial charge in [-0.05, 0) is 30.2 Å². The van der Waals surface area contributed by atoms with Gasteiger partial charge in [0.2, 0.25) is 0 Å². The highest BCUT2D eigenvalue weighted by molar-refractivity contribution is 7.21. The molecule has 3 rings (SSSR count). The first-order valence-electron chi connectivity index (χ1n) is 7.02. The Morgan fingerprint density at radius 2 is 1.91 bits per heavy atom. The minimum atomic E-state index is -0.209. The Labute approximate surface area is 142 Å². The van der Waals surface area contributed by atoms with Crippen molar-refractivity contribution < 1.29 is 15.0 Å². The monoisotopic (exact) mass is 347 g/mol. The minimum Gasteiger partial charge on any atom is -0.504 e. The van der Waals surface area contributed by atoms with Crippen molar-refractivity contribution in [1.29, 1.82) is 0 Å². The van der Waals surface area contributed by atoms with Crippen LogP contribution in [0.25, 0.3) is 10.1 Å². The number of rotatable bonds is 4. The summed E-state index contributed by atoms with van der Waals surface area (Å²) in [6.07, 6.45) is 0.544. The van der Waals surface area contributed by atoms with Gasteiger partial charge in [-0.3, -0.25) is 4.79 Å². The molecule has 1 heterocycles. The molecule has 0 unspecified atom stereocenters. The standard InChI is InChI=1S/C17H14ClNO3S/c18-15-11-3-1-2-4-14(11)23-16(15)17(22)19-8-7-10-5-6-12(20)13(21)9-10/h1-6,9,20-21H,7-8H2,(H,19,22). The van der Waals surface area contributed by atoms with E-state index in [0.717, 1.165) is 15.6 Å². The van der Waals surface area contributed by atoms with Crippen LogP contribution in [-0.4, -0.2) is 22.7 Å². The predicted octanol–water partition coefficient (Wildman–Crippen LogP) is 3.94. The van der Waals surface area contributed by atoms with E-state index in [4.69, 9.17) is 11.6 Å². The Morgan fingerprint density at radius 1 is 1.13 bits per heavy atom. The van der Waals surface area contributed by atoms with E-state index >= 15 is 0 Å². The molecule has 0 saturated heterocycles. The molecule has 4 nitrogen and oxygen atoms in total. The molecule has 118 valence electrons. The normalized spacial score (nSPS) is 10.8. The van der Waals surface area contributed by atoms with Crippen LogP contribution >= 0.6 is 22.9 Å². The summed E-state index contributed by atoms with van der Waals surface area (Å²) in [5.74, 6) is -0.532. The Kier molecular flexibility index (Phi) is 4.41. The van der Waals surface area contributed by atoms with E-state index in [1.54, 1.807) is 6.07 Å². The number of carbonyl (C=O) groups excluding carboxylic acids is 1. The Balaban J connectivity index is 1.66. The first-order chi connectivity index (χ1) is 11.1. The summed E-state index contributed by atoms with van der Waals surface area (Å²) in [7, 11) is 0. The van der Waals surface area contributed by atoms with Gasteiger partial charge in [-0.2, -0.15) is 0 Å². The third kappa shape index (κ3) is 3.25. The van der Waals surface area contributed by atoms with Gasteiger partial charge in [0.25, 0.3) is 5.91 Å². The summed E-state index contributed by atoms with van der Waals surface area (Å²) >= 11 is 7.64. The molecule has 3 N–H and O–H groups in total.